The van der Waals surface area contributed by atoms with E-state index in [2.05, 4.69) is 16.2 Å². The number of amides is 1. The lowest BCUT2D eigenvalue weighted by Crippen LogP contribution is -2.49. The van der Waals surface area contributed by atoms with E-state index in [0.29, 0.717) is 25.1 Å². The Kier molecular flexibility index (Phi) is 5.52. The van der Waals surface area contributed by atoms with Crippen molar-refractivity contribution in [1.82, 2.24) is 16.2 Å². The van der Waals surface area contributed by atoms with E-state index < -0.39 is 28.3 Å². The summed E-state index contributed by atoms with van der Waals surface area (Å²) in [7, 11) is -3.44. The number of alkyl halides is 1. The molecule has 4 unspecified atom stereocenters. The molecule has 1 aromatic carbocycles. The van der Waals surface area contributed by atoms with Gasteiger partial charge in [-0.2, -0.15) is 0 Å². The highest BCUT2D eigenvalue weighted by molar-refractivity contribution is 7.92. The summed E-state index contributed by atoms with van der Waals surface area (Å²) in [4.78, 5) is 12.8. The Morgan fingerprint density at radius 2 is 2.04 bits per heavy atom. The summed E-state index contributed by atoms with van der Waals surface area (Å²) in [5, 5.41) is 3.11. The van der Waals surface area contributed by atoms with Gasteiger partial charge in [0.25, 0.3) is 5.91 Å². The lowest BCUT2D eigenvalue weighted by atomic mass is 9.82. The van der Waals surface area contributed by atoms with E-state index in [4.69, 9.17) is 11.6 Å². The molecule has 4 atom stereocenters. The molecule has 28 heavy (non-hydrogen) atoms. The first-order chi connectivity index (χ1) is 13.4. The zero-order chi connectivity index (χ0) is 19.9. The smallest absolute Gasteiger partial charge is 0.252 e. The fourth-order valence-corrected chi connectivity index (χ4v) is 6.25. The molecule has 2 heterocycles. The van der Waals surface area contributed by atoms with E-state index in [9.17, 15) is 17.6 Å². The van der Waals surface area contributed by atoms with Crippen LogP contribution in [0.5, 0.6) is 0 Å². The number of hydrazine groups is 1. The minimum Gasteiger partial charge on any atom is -0.335 e. The van der Waals surface area contributed by atoms with Gasteiger partial charge < -0.3 is 5.32 Å². The van der Waals surface area contributed by atoms with Gasteiger partial charge in [-0.3, -0.25) is 14.5 Å². The number of carbonyl (C=O) groups excluding carboxylic acids is 1. The zero-order valence-electron chi connectivity index (χ0n) is 15.3. The average molecular weight is 431 g/mol. The van der Waals surface area contributed by atoms with E-state index in [0.717, 1.165) is 19.3 Å². The van der Waals surface area contributed by atoms with Crippen molar-refractivity contribution in [3.8, 4) is 0 Å². The van der Waals surface area contributed by atoms with E-state index >= 15 is 0 Å². The molecule has 2 saturated heterocycles. The third-order valence-corrected chi connectivity index (χ3v) is 7.97. The van der Waals surface area contributed by atoms with Crippen LogP contribution in [0.2, 0.25) is 5.02 Å². The molecule has 3 aliphatic rings. The van der Waals surface area contributed by atoms with Gasteiger partial charge in [0, 0.05) is 24.1 Å². The van der Waals surface area contributed by atoms with Crippen LogP contribution in [-0.2, 0) is 10.0 Å². The molecular weight excluding hydrogens is 407 g/mol. The van der Waals surface area contributed by atoms with Gasteiger partial charge in [-0.05, 0) is 50.3 Å². The Hall–Kier alpha value is -1.42. The number of halogens is 2. The number of sulfonamides is 1. The predicted molar refractivity (Wildman–Crippen MR) is 105 cm³/mol. The fraction of sp³-hybridized carbons (Fsp3) is 0.611. The highest BCUT2D eigenvalue weighted by Gasteiger charge is 2.44. The second kappa shape index (κ2) is 7.78. The molecule has 1 aromatic rings. The maximum absolute atomic E-state index is 14.4. The lowest BCUT2D eigenvalue weighted by Gasteiger charge is -2.31. The second-order valence-electron chi connectivity index (χ2n) is 7.63. The number of fused-ring (bicyclic) bond motifs is 1. The van der Waals surface area contributed by atoms with Gasteiger partial charge in [0.2, 0.25) is 10.0 Å². The molecule has 3 fully saturated rings. The standard InChI is InChI=1S/C18H24ClFN4O3S/c19-12-7-6-11(10-15(12)24-8-1-2-9-28(24,26)27)18(25)21-17-16-13(20)4-3-5-14(16)22-23-17/h6-7,10,13-14,16-17,22-23H,1-5,8-9H2,(H,21,25). The molecule has 10 heteroatoms. The summed E-state index contributed by atoms with van der Waals surface area (Å²) in [5.41, 5.74) is 6.64. The zero-order valence-corrected chi connectivity index (χ0v) is 16.9. The Morgan fingerprint density at radius 1 is 1.21 bits per heavy atom. The Morgan fingerprint density at radius 3 is 2.82 bits per heavy atom. The van der Waals surface area contributed by atoms with E-state index in [1.54, 1.807) is 6.07 Å². The second-order valence-corrected chi connectivity index (χ2v) is 10.1. The highest BCUT2D eigenvalue weighted by atomic mass is 35.5. The van der Waals surface area contributed by atoms with Crippen molar-refractivity contribution < 1.29 is 17.6 Å². The van der Waals surface area contributed by atoms with Crippen LogP contribution in [0, 0.1) is 5.92 Å². The normalized spacial score (nSPS) is 32.0. The van der Waals surface area contributed by atoms with Crippen molar-refractivity contribution in [1.29, 1.82) is 0 Å². The Bertz CT molecular complexity index is 868. The van der Waals surface area contributed by atoms with Gasteiger partial charge in [-0.15, -0.1) is 0 Å². The van der Waals surface area contributed by atoms with Crippen molar-refractivity contribution in [2.24, 2.45) is 5.92 Å². The minimum absolute atomic E-state index is 0.00618. The third kappa shape index (κ3) is 3.72. The summed E-state index contributed by atoms with van der Waals surface area (Å²) in [6, 6.07) is 4.56. The van der Waals surface area contributed by atoms with E-state index in [1.165, 1.54) is 16.4 Å². The van der Waals surface area contributed by atoms with Crippen molar-refractivity contribution in [3.63, 3.8) is 0 Å². The van der Waals surface area contributed by atoms with Crippen LogP contribution in [0.4, 0.5) is 10.1 Å². The molecule has 154 valence electrons. The third-order valence-electron chi connectivity index (χ3n) is 5.80. The molecule has 7 nitrogen and oxygen atoms in total. The van der Waals surface area contributed by atoms with Crippen LogP contribution in [0.25, 0.3) is 0 Å². The molecule has 1 saturated carbocycles. The molecule has 3 N–H and O–H groups in total. The van der Waals surface area contributed by atoms with Gasteiger partial charge in [0.1, 0.15) is 6.17 Å². The fourth-order valence-electron chi connectivity index (χ4n) is 4.33. The van der Waals surface area contributed by atoms with Crippen LogP contribution >= 0.6 is 11.6 Å². The summed E-state index contributed by atoms with van der Waals surface area (Å²) in [6.07, 6.45) is 2.03. The van der Waals surface area contributed by atoms with Crippen LogP contribution in [0.3, 0.4) is 0 Å². The van der Waals surface area contributed by atoms with Gasteiger partial charge >= 0.3 is 0 Å². The highest BCUT2D eigenvalue weighted by Crippen LogP contribution is 2.33. The molecule has 0 spiro atoms. The number of nitrogens with one attached hydrogen (secondary N) is 3. The van der Waals surface area contributed by atoms with Gasteiger partial charge in [-0.25, -0.2) is 18.2 Å². The number of rotatable bonds is 3. The summed E-state index contributed by atoms with van der Waals surface area (Å²) in [6.45, 7) is 0.342. The minimum atomic E-state index is -3.44. The molecule has 1 amide bonds. The summed E-state index contributed by atoms with van der Waals surface area (Å²) in [5.74, 6) is -0.657. The maximum atomic E-state index is 14.4. The largest absolute Gasteiger partial charge is 0.335 e. The first-order valence-electron chi connectivity index (χ1n) is 9.63. The van der Waals surface area contributed by atoms with Crippen LogP contribution in [0.15, 0.2) is 18.2 Å². The molecule has 0 aromatic heterocycles. The summed E-state index contributed by atoms with van der Waals surface area (Å²) >= 11 is 6.23. The maximum Gasteiger partial charge on any atom is 0.252 e. The number of benzene rings is 1. The van der Waals surface area contributed by atoms with Crippen molar-refractivity contribution in [2.45, 2.75) is 50.5 Å². The number of hydrogen-bond acceptors (Lipinski definition) is 5. The van der Waals surface area contributed by atoms with Gasteiger partial charge in [0.15, 0.2) is 0 Å². The van der Waals surface area contributed by atoms with Crippen molar-refractivity contribution >= 4 is 33.2 Å². The molecule has 0 radical (unpaired) electrons. The van der Waals surface area contributed by atoms with Crippen LogP contribution < -0.4 is 20.5 Å². The molecular formula is C18H24ClFN4O3S. The van der Waals surface area contributed by atoms with Crippen molar-refractivity contribution in [3.05, 3.63) is 28.8 Å². The topological polar surface area (TPSA) is 90.5 Å². The number of nitrogens with zero attached hydrogens (tertiary/aromatic N) is 1. The quantitative estimate of drug-likeness (QED) is 0.681. The predicted octanol–water partition coefficient (Wildman–Crippen LogP) is 1.94. The number of carbonyl (C=O) groups is 1. The number of hydrogen-bond donors (Lipinski definition) is 3. The first kappa shape index (κ1) is 19.9. The molecule has 2 aliphatic heterocycles. The van der Waals surface area contributed by atoms with E-state index in [-0.39, 0.29) is 28.3 Å². The van der Waals surface area contributed by atoms with Crippen LogP contribution in [0.1, 0.15) is 42.5 Å². The Labute approximate surface area is 169 Å². The average Bonchev–Trinajstić information content (AvgIpc) is 3.06. The Balaban J connectivity index is 1.54. The first-order valence-corrected chi connectivity index (χ1v) is 11.6. The van der Waals surface area contributed by atoms with Crippen molar-refractivity contribution in [2.75, 3.05) is 16.6 Å². The van der Waals surface area contributed by atoms with E-state index in [1.807, 2.05) is 0 Å². The van der Waals surface area contributed by atoms with Gasteiger partial charge in [0.05, 0.1) is 22.6 Å². The number of anilines is 1. The molecule has 0 bridgehead atoms. The molecule has 1 aliphatic carbocycles. The SMILES string of the molecule is O=C(NC1NNC2CCCC(F)C21)c1ccc(Cl)c(N2CCCCS2(=O)=O)c1. The summed E-state index contributed by atoms with van der Waals surface area (Å²) < 4.78 is 40.4. The lowest BCUT2D eigenvalue weighted by molar-refractivity contribution is 0.0872. The van der Waals surface area contributed by atoms with Gasteiger partial charge in [-0.1, -0.05) is 11.6 Å². The van der Waals surface area contributed by atoms with Crippen LogP contribution in [-0.4, -0.2) is 45.0 Å². The molecule has 4 rings (SSSR count). The monoisotopic (exact) mass is 430 g/mol.